The van der Waals surface area contributed by atoms with Crippen LogP contribution in [0.15, 0.2) is 70.6 Å². The third-order valence-corrected chi connectivity index (χ3v) is 4.73. The molecule has 0 fully saturated rings. The molecule has 1 heterocycles. The summed E-state index contributed by atoms with van der Waals surface area (Å²) in [6.45, 7) is 2.69. The maximum Gasteiger partial charge on any atom is 0.185 e. The number of aryl methyl sites for hydroxylation is 1. The monoisotopic (exact) mass is 374 g/mol. The Balaban J connectivity index is 0.00000225. The molecule has 0 radical (unpaired) electrons. The predicted molar refractivity (Wildman–Crippen MR) is 101 cm³/mol. The molecule has 0 N–H and O–H groups in total. The first-order valence-electron chi connectivity index (χ1n) is 7.65. The number of imidazole rings is 1. The van der Waals surface area contributed by atoms with Crippen LogP contribution in [0.2, 0.25) is 0 Å². The van der Waals surface area contributed by atoms with Crippen LogP contribution >= 0.6 is 24.2 Å². The number of halogens is 1. The number of benzene rings is 2. The van der Waals surface area contributed by atoms with E-state index < -0.39 is 0 Å². The summed E-state index contributed by atoms with van der Waals surface area (Å²) in [5.74, 6) is 0.388. The van der Waals surface area contributed by atoms with Gasteiger partial charge in [-0.2, -0.15) is 0 Å². The molecule has 0 atom stereocenters. The van der Waals surface area contributed by atoms with Gasteiger partial charge in [-0.15, -0.1) is 12.4 Å². The minimum absolute atomic E-state index is 0. The number of hydrogen-bond acceptors (Lipinski definition) is 4. The van der Waals surface area contributed by atoms with Crippen molar-refractivity contribution < 1.29 is 9.53 Å². The molecule has 0 aliphatic heterocycles. The highest BCUT2D eigenvalue weighted by molar-refractivity contribution is 7.99. The summed E-state index contributed by atoms with van der Waals surface area (Å²) in [5, 5.41) is 0.927. The lowest BCUT2D eigenvalue weighted by Crippen LogP contribution is -2.08. The largest absolute Gasteiger partial charge is 0.356 e. The van der Waals surface area contributed by atoms with Gasteiger partial charge < -0.3 is 4.74 Å². The van der Waals surface area contributed by atoms with Gasteiger partial charge in [0.2, 0.25) is 0 Å². The molecule has 0 aliphatic rings. The van der Waals surface area contributed by atoms with E-state index in [0.717, 1.165) is 27.5 Å². The van der Waals surface area contributed by atoms with Gasteiger partial charge in [0, 0.05) is 4.90 Å². The van der Waals surface area contributed by atoms with Crippen LogP contribution in [0.4, 0.5) is 0 Å². The van der Waals surface area contributed by atoms with Gasteiger partial charge in [0.15, 0.2) is 12.1 Å². The normalized spacial score (nSPS) is 10.3. The number of rotatable bonds is 7. The average molecular weight is 375 g/mol. The highest BCUT2D eigenvalue weighted by atomic mass is 35.5. The van der Waals surface area contributed by atoms with Crippen LogP contribution in [-0.2, 0) is 18.1 Å². The number of ether oxygens (including phenoxy) is 1. The van der Waals surface area contributed by atoms with Crippen molar-refractivity contribution in [3.63, 3.8) is 0 Å². The second-order valence-corrected chi connectivity index (χ2v) is 6.35. The van der Waals surface area contributed by atoms with Gasteiger partial charge in [-0.1, -0.05) is 60.3 Å². The minimum Gasteiger partial charge on any atom is -0.356 e. The summed E-state index contributed by atoms with van der Waals surface area (Å²) >= 11 is 1.58. The van der Waals surface area contributed by atoms with Gasteiger partial charge >= 0.3 is 0 Å². The van der Waals surface area contributed by atoms with Crippen molar-refractivity contribution >= 4 is 30.5 Å². The van der Waals surface area contributed by atoms with Crippen LogP contribution in [-0.4, -0.2) is 15.8 Å². The van der Waals surface area contributed by atoms with E-state index in [9.17, 15) is 4.79 Å². The van der Waals surface area contributed by atoms with Crippen molar-refractivity contribution in [3.05, 3.63) is 77.7 Å². The molecule has 0 saturated heterocycles. The Labute approximate surface area is 157 Å². The lowest BCUT2D eigenvalue weighted by molar-refractivity contribution is 0.0570. The van der Waals surface area contributed by atoms with Crippen LogP contribution in [0, 0.1) is 6.92 Å². The highest BCUT2D eigenvalue weighted by Crippen LogP contribution is 2.30. The molecule has 3 rings (SSSR count). The SMILES string of the molecule is Cc1nc(C=O)n(COCc2ccccc2)c1Sc1ccccc1.Cl. The molecule has 0 unspecified atom stereocenters. The first-order valence-corrected chi connectivity index (χ1v) is 8.46. The fraction of sp³-hybridized carbons (Fsp3) is 0.158. The molecule has 0 amide bonds. The van der Waals surface area contributed by atoms with Gasteiger partial charge in [-0.25, -0.2) is 4.98 Å². The van der Waals surface area contributed by atoms with E-state index in [1.807, 2.05) is 72.2 Å². The van der Waals surface area contributed by atoms with Crippen molar-refractivity contribution in [1.82, 2.24) is 9.55 Å². The molecule has 0 aliphatic carbocycles. The Bertz CT molecular complexity index is 807. The first kappa shape index (κ1) is 19.2. The predicted octanol–water partition coefficient (Wildman–Crippen LogP) is 4.75. The van der Waals surface area contributed by atoms with Crippen molar-refractivity contribution in [1.29, 1.82) is 0 Å². The smallest absolute Gasteiger partial charge is 0.185 e. The zero-order valence-corrected chi connectivity index (χ0v) is 15.4. The quantitative estimate of drug-likeness (QED) is 0.560. The number of hydrogen-bond donors (Lipinski definition) is 0. The van der Waals surface area contributed by atoms with Crippen molar-refractivity contribution in [2.75, 3.05) is 0 Å². The van der Waals surface area contributed by atoms with Crippen LogP contribution < -0.4 is 0 Å². The molecule has 130 valence electrons. The summed E-state index contributed by atoms with van der Waals surface area (Å²) in [6.07, 6.45) is 0.772. The van der Waals surface area contributed by atoms with Crippen LogP contribution in [0.25, 0.3) is 0 Å². The second kappa shape index (κ2) is 9.42. The summed E-state index contributed by atoms with van der Waals surface area (Å²) in [5.41, 5.74) is 1.92. The van der Waals surface area contributed by atoms with E-state index in [4.69, 9.17) is 4.74 Å². The third-order valence-electron chi connectivity index (χ3n) is 3.51. The van der Waals surface area contributed by atoms with Crippen LogP contribution in [0.1, 0.15) is 21.9 Å². The summed E-state index contributed by atoms with van der Waals surface area (Å²) in [4.78, 5) is 16.8. The van der Waals surface area contributed by atoms with E-state index in [1.165, 1.54) is 0 Å². The number of aldehydes is 1. The molecular weight excluding hydrogens is 356 g/mol. The van der Waals surface area contributed by atoms with Crippen LogP contribution in [0.5, 0.6) is 0 Å². The Morgan fingerprint density at radius 1 is 1.08 bits per heavy atom. The number of aromatic nitrogens is 2. The van der Waals surface area contributed by atoms with E-state index in [2.05, 4.69) is 4.98 Å². The zero-order chi connectivity index (χ0) is 16.8. The number of carbonyl (C=O) groups is 1. The molecular formula is C19H19ClN2O2S. The molecule has 4 nitrogen and oxygen atoms in total. The van der Waals surface area contributed by atoms with E-state index >= 15 is 0 Å². The molecule has 0 spiro atoms. The Hall–Kier alpha value is -2.08. The molecule has 0 bridgehead atoms. The maximum atomic E-state index is 11.3. The third kappa shape index (κ3) is 4.95. The molecule has 2 aromatic carbocycles. The molecule has 25 heavy (non-hydrogen) atoms. The Kier molecular flexibility index (Phi) is 7.25. The lowest BCUT2D eigenvalue weighted by Gasteiger charge is -2.11. The van der Waals surface area contributed by atoms with E-state index in [-0.39, 0.29) is 12.4 Å². The lowest BCUT2D eigenvalue weighted by atomic mass is 10.2. The number of carbonyl (C=O) groups excluding carboxylic acids is 1. The zero-order valence-electron chi connectivity index (χ0n) is 13.8. The molecule has 1 aromatic heterocycles. The van der Waals surface area contributed by atoms with Crippen LogP contribution in [0.3, 0.4) is 0 Å². The average Bonchev–Trinajstić information content (AvgIpc) is 2.92. The van der Waals surface area contributed by atoms with E-state index in [1.54, 1.807) is 11.8 Å². The molecule has 6 heteroatoms. The minimum atomic E-state index is 0. The summed E-state index contributed by atoms with van der Waals surface area (Å²) < 4.78 is 7.61. The van der Waals surface area contributed by atoms with Gasteiger partial charge in [0.1, 0.15) is 11.8 Å². The Morgan fingerprint density at radius 2 is 1.72 bits per heavy atom. The molecule has 0 saturated carbocycles. The maximum absolute atomic E-state index is 11.3. The van der Waals surface area contributed by atoms with E-state index in [0.29, 0.717) is 19.2 Å². The summed E-state index contributed by atoms with van der Waals surface area (Å²) in [7, 11) is 0. The standard InChI is InChI=1S/C19H18N2O2S.ClH/c1-15-19(24-17-10-6-3-7-11-17)21(18(12-22)20-15)14-23-13-16-8-4-2-5-9-16;/h2-12H,13-14H2,1H3;1H. The van der Waals surface area contributed by atoms with Crippen molar-refractivity contribution in [2.45, 2.75) is 30.2 Å². The van der Waals surface area contributed by atoms with Gasteiger partial charge in [0.25, 0.3) is 0 Å². The Morgan fingerprint density at radius 3 is 2.36 bits per heavy atom. The first-order chi connectivity index (χ1) is 11.8. The van der Waals surface area contributed by atoms with Crippen molar-refractivity contribution in [2.24, 2.45) is 0 Å². The number of nitrogens with zero attached hydrogens (tertiary/aromatic N) is 2. The summed E-state index contributed by atoms with van der Waals surface area (Å²) in [6, 6.07) is 20.0. The topological polar surface area (TPSA) is 44.1 Å². The van der Waals surface area contributed by atoms with Crippen molar-refractivity contribution in [3.8, 4) is 0 Å². The highest BCUT2D eigenvalue weighted by Gasteiger charge is 2.15. The van der Waals surface area contributed by atoms with Gasteiger partial charge in [-0.05, 0) is 24.6 Å². The fourth-order valence-electron chi connectivity index (χ4n) is 2.35. The van der Waals surface area contributed by atoms with Gasteiger partial charge in [-0.3, -0.25) is 9.36 Å². The fourth-order valence-corrected chi connectivity index (χ4v) is 3.32. The second-order valence-electron chi connectivity index (χ2n) is 5.28. The molecule has 3 aromatic rings. The van der Waals surface area contributed by atoms with Gasteiger partial charge in [0.05, 0.1) is 12.3 Å².